The zero-order valence-electron chi connectivity index (χ0n) is 30.2. The van der Waals surface area contributed by atoms with Crippen molar-refractivity contribution in [3.8, 4) is 11.1 Å². The first-order chi connectivity index (χ1) is 25.5. The highest BCUT2D eigenvalue weighted by Crippen LogP contribution is 2.52. The molecule has 0 amide bonds. The van der Waals surface area contributed by atoms with E-state index in [1.54, 1.807) is 0 Å². The maximum Gasteiger partial charge on any atom is 0.0458 e. The lowest BCUT2D eigenvalue weighted by Crippen LogP contribution is -2.30. The van der Waals surface area contributed by atoms with E-state index in [1.807, 2.05) is 0 Å². The van der Waals surface area contributed by atoms with Crippen LogP contribution in [0.1, 0.15) is 41.5 Å². The Bertz CT molecular complexity index is 2510. The van der Waals surface area contributed by atoms with Crippen LogP contribution in [0.15, 0.2) is 186 Å². The first-order valence-electron chi connectivity index (χ1n) is 18.7. The highest BCUT2D eigenvalue weighted by molar-refractivity contribution is 6.03. The fourth-order valence-electron chi connectivity index (χ4n) is 8.53. The number of rotatable bonds is 5. The molecule has 0 heterocycles. The molecule has 0 saturated carbocycles. The largest absolute Gasteiger partial charge is 0.313 e. The molecule has 0 aliphatic heterocycles. The summed E-state index contributed by atoms with van der Waals surface area (Å²) in [4.78, 5) is 2.56. The van der Waals surface area contributed by atoms with Gasteiger partial charge in [-0.25, -0.2) is 0 Å². The Hall–Kier alpha value is -5.92. The van der Waals surface area contributed by atoms with Crippen LogP contribution >= 0.6 is 0 Å². The van der Waals surface area contributed by atoms with Gasteiger partial charge in [0.25, 0.3) is 0 Å². The molecule has 0 N–H and O–H groups in total. The van der Waals surface area contributed by atoms with Crippen LogP contribution in [0.2, 0.25) is 0 Å². The van der Waals surface area contributed by atoms with Crippen molar-refractivity contribution in [3.63, 3.8) is 0 Å². The summed E-state index contributed by atoms with van der Waals surface area (Å²) in [5, 5.41) is 5.03. The SMILES string of the molecule is Cc1ccc(N(C2=C3CCC=CC3=C(c3cc(C)cc(-c4cccccc5cccc6ccc4cc56)c3)C3=CC=CCC32)c2ccc(C)cc2)cc1. The highest BCUT2D eigenvalue weighted by atomic mass is 15.2. The van der Waals surface area contributed by atoms with Gasteiger partial charge in [0.05, 0.1) is 0 Å². The summed E-state index contributed by atoms with van der Waals surface area (Å²) < 4.78 is 0. The molecular weight excluding hydrogens is 627 g/mol. The molecule has 2 bridgehead atoms. The van der Waals surface area contributed by atoms with Crippen molar-refractivity contribution in [1.82, 2.24) is 0 Å². The number of nitrogens with zero attached hydrogens (tertiary/aromatic N) is 1. The van der Waals surface area contributed by atoms with Gasteiger partial charge in [-0.05, 0) is 143 Å². The average molecular weight is 670 g/mol. The Labute approximate surface area is 307 Å². The van der Waals surface area contributed by atoms with E-state index in [0.29, 0.717) is 0 Å². The summed E-state index contributed by atoms with van der Waals surface area (Å²) in [7, 11) is 0. The summed E-state index contributed by atoms with van der Waals surface area (Å²) >= 11 is 0. The Kier molecular flexibility index (Phi) is 8.20. The quantitative estimate of drug-likeness (QED) is 0.177. The summed E-state index contributed by atoms with van der Waals surface area (Å²) in [6, 6.07) is 49.8. The average Bonchev–Trinajstić information content (AvgIpc) is 3.17. The lowest BCUT2D eigenvalue weighted by Gasteiger charge is -2.42. The Morgan fingerprint density at radius 1 is 0.577 bits per heavy atom. The zero-order valence-corrected chi connectivity index (χ0v) is 30.2. The van der Waals surface area contributed by atoms with Crippen LogP contribution in [0.25, 0.3) is 38.2 Å². The molecule has 0 radical (unpaired) electrons. The van der Waals surface area contributed by atoms with Crippen molar-refractivity contribution >= 4 is 38.5 Å². The van der Waals surface area contributed by atoms with Gasteiger partial charge in [0.15, 0.2) is 0 Å². The summed E-state index contributed by atoms with van der Waals surface area (Å²) in [5.74, 6) is 0.235. The van der Waals surface area contributed by atoms with Crippen LogP contribution in [0.3, 0.4) is 0 Å². The Balaban J connectivity index is 1.28. The molecule has 0 spiro atoms. The summed E-state index contributed by atoms with van der Waals surface area (Å²) in [6.07, 6.45) is 14.9. The monoisotopic (exact) mass is 669 g/mol. The molecule has 0 saturated heterocycles. The summed E-state index contributed by atoms with van der Waals surface area (Å²) in [5.41, 5.74) is 17.0. The molecule has 0 aromatic heterocycles. The van der Waals surface area contributed by atoms with Crippen LogP contribution in [0, 0.1) is 26.7 Å². The van der Waals surface area contributed by atoms with Gasteiger partial charge < -0.3 is 4.90 Å². The van der Waals surface area contributed by atoms with E-state index in [0.717, 1.165) is 19.3 Å². The molecule has 0 fully saturated rings. The molecular formula is C51H43N. The van der Waals surface area contributed by atoms with Crippen molar-refractivity contribution in [2.24, 2.45) is 5.92 Å². The minimum atomic E-state index is 0.235. The Morgan fingerprint density at radius 3 is 2.02 bits per heavy atom. The lowest BCUT2D eigenvalue weighted by atomic mass is 9.70. The number of fused-ring (bicyclic) bond motifs is 3. The first-order valence-corrected chi connectivity index (χ1v) is 18.7. The van der Waals surface area contributed by atoms with Crippen molar-refractivity contribution in [3.05, 3.63) is 209 Å². The van der Waals surface area contributed by atoms with E-state index in [2.05, 4.69) is 190 Å². The number of aryl methyl sites for hydroxylation is 3. The molecule has 1 atom stereocenters. The van der Waals surface area contributed by atoms with Gasteiger partial charge in [-0.3, -0.25) is 0 Å². The maximum absolute atomic E-state index is 2.56. The smallest absolute Gasteiger partial charge is 0.0458 e. The zero-order chi connectivity index (χ0) is 35.2. The van der Waals surface area contributed by atoms with Crippen LogP contribution in [-0.4, -0.2) is 0 Å². The highest BCUT2D eigenvalue weighted by Gasteiger charge is 2.37. The van der Waals surface area contributed by atoms with Crippen LogP contribution in [0.5, 0.6) is 0 Å². The van der Waals surface area contributed by atoms with Crippen molar-refractivity contribution in [2.45, 2.75) is 40.0 Å². The molecule has 52 heavy (non-hydrogen) atoms. The topological polar surface area (TPSA) is 3.24 Å². The van der Waals surface area contributed by atoms with Crippen LogP contribution in [0.4, 0.5) is 11.4 Å². The van der Waals surface area contributed by atoms with Gasteiger partial charge in [0.2, 0.25) is 0 Å². The number of anilines is 2. The summed E-state index contributed by atoms with van der Waals surface area (Å²) in [6.45, 7) is 6.59. The van der Waals surface area contributed by atoms with Gasteiger partial charge in [-0.15, -0.1) is 0 Å². The van der Waals surface area contributed by atoms with Gasteiger partial charge in [0.1, 0.15) is 0 Å². The van der Waals surface area contributed by atoms with Gasteiger partial charge in [-0.2, -0.15) is 0 Å². The third-order valence-corrected chi connectivity index (χ3v) is 11.0. The molecule has 9 rings (SSSR count). The second-order valence-electron chi connectivity index (χ2n) is 14.6. The fourth-order valence-corrected chi connectivity index (χ4v) is 8.53. The number of hydrogen-bond acceptors (Lipinski definition) is 1. The number of hydrogen-bond donors (Lipinski definition) is 0. The third-order valence-electron chi connectivity index (χ3n) is 11.0. The van der Waals surface area contributed by atoms with Crippen LogP contribution < -0.4 is 4.90 Å². The predicted molar refractivity (Wildman–Crippen MR) is 223 cm³/mol. The molecule has 3 aliphatic carbocycles. The second-order valence-corrected chi connectivity index (χ2v) is 14.6. The first kappa shape index (κ1) is 32.0. The standard InChI is InChI=1S/C51H43N/c1-34-20-26-42(27-21-34)52(43-28-22-35(2)23-29-43)51-47-18-9-7-16-45(47)50(46-17-8-10-19-48(46)51)41-31-36(3)30-40(32-41)44-15-6-4-5-12-37-13-11-14-38-24-25-39(44)33-49(37)38/h4-9,11-17,20-33,47H,10,18-19H2,1-3H3. The van der Waals surface area contributed by atoms with E-state index in [4.69, 9.17) is 0 Å². The van der Waals surface area contributed by atoms with Crippen molar-refractivity contribution in [1.29, 1.82) is 0 Å². The van der Waals surface area contributed by atoms with Crippen molar-refractivity contribution < 1.29 is 0 Å². The normalized spacial score (nSPS) is 16.5. The number of allylic oxidation sites excluding steroid dienone is 9. The lowest BCUT2D eigenvalue weighted by molar-refractivity contribution is 0.690. The molecule has 3 aliphatic rings. The minimum Gasteiger partial charge on any atom is -0.313 e. The molecule has 1 heteroatoms. The molecule has 1 unspecified atom stereocenters. The van der Waals surface area contributed by atoms with Gasteiger partial charge in [0, 0.05) is 23.0 Å². The Morgan fingerprint density at radius 2 is 1.25 bits per heavy atom. The van der Waals surface area contributed by atoms with E-state index >= 15 is 0 Å². The van der Waals surface area contributed by atoms with Crippen LogP contribution in [-0.2, 0) is 0 Å². The maximum atomic E-state index is 2.56. The molecule has 6 aromatic carbocycles. The fraction of sp³-hybridized carbons (Fsp3) is 0.137. The van der Waals surface area contributed by atoms with Gasteiger partial charge >= 0.3 is 0 Å². The second kappa shape index (κ2) is 13.3. The van der Waals surface area contributed by atoms with E-state index in [9.17, 15) is 0 Å². The van der Waals surface area contributed by atoms with E-state index in [1.165, 1.54) is 94.3 Å². The van der Waals surface area contributed by atoms with Crippen molar-refractivity contribution in [2.75, 3.05) is 4.90 Å². The third kappa shape index (κ3) is 5.77. The predicted octanol–water partition coefficient (Wildman–Crippen LogP) is 13.9. The van der Waals surface area contributed by atoms with E-state index in [-0.39, 0.29) is 5.92 Å². The van der Waals surface area contributed by atoms with E-state index < -0.39 is 0 Å². The molecule has 6 aromatic rings. The minimum absolute atomic E-state index is 0.235. The molecule has 1 nitrogen and oxygen atoms in total. The number of benzene rings is 5. The van der Waals surface area contributed by atoms with Gasteiger partial charge in [-0.1, -0.05) is 139 Å². The molecule has 252 valence electrons.